The summed E-state index contributed by atoms with van der Waals surface area (Å²) in [5.41, 5.74) is 1.17. The largest absolute Gasteiger partial charge is 0.497 e. The van der Waals surface area contributed by atoms with E-state index in [0.717, 1.165) is 6.54 Å². The van der Waals surface area contributed by atoms with Gasteiger partial charge < -0.3 is 25.4 Å². The topological polar surface area (TPSA) is 88.7 Å². The molecule has 0 aliphatic carbocycles. The number of nitrogens with one attached hydrogen (secondary N) is 3. The van der Waals surface area contributed by atoms with Crippen LogP contribution in [-0.2, 0) is 4.79 Å². The van der Waals surface area contributed by atoms with Crippen LogP contribution >= 0.6 is 0 Å². The van der Waals surface area contributed by atoms with Crippen molar-refractivity contribution in [1.29, 1.82) is 0 Å². The normalized spacial score (nSPS) is 11.4. The van der Waals surface area contributed by atoms with E-state index in [1.54, 1.807) is 55.6 Å². The summed E-state index contributed by atoms with van der Waals surface area (Å²) in [5.74, 6) is 0.741. The fraction of sp³-hybridized carbons (Fsp3) is 0.333. The van der Waals surface area contributed by atoms with Gasteiger partial charge in [-0.3, -0.25) is 9.59 Å². The molecule has 0 aromatic heterocycles. The number of benzene rings is 2. The Kier molecular flexibility index (Phi) is 8.30. The Hall–Kier alpha value is -3.06. The van der Waals surface area contributed by atoms with Gasteiger partial charge in [-0.15, -0.1) is 0 Å². The molecule has 2 rings (SSSR count). The van der Waals surface area contributed by atoms with Gasteiger partial charge in [-0.25, -0.2) is 0 Å². The number of carbonyl (C=O) groups excluding carboxylic acids is 2. The van der Waals surface area contributed by atoms with Crippen LogP contribution in [0.1, 0.15) is 24.2 Å². The lowest BCUT2D eigenvalue weighted by Gasteiger charge is -2.13. The minimum absolute atomic E-state index is 0.136. The van der Waals surface area contributed by atoms with E-state index in [4.69, 9.17) is 9.47 Å². The number of ether oxygens (including phenoxy) is 2. The molecule has 0 aliphatic heterocycles. The molecule has 0 radical (unpaired) electrons. The Morgan fingerprint density at radius 3 is 2.50 bits per heavy atom. The highest BCUT2D eigenvalue weighted by atomic mass is 16.5. The second-order valence-electron chi connectivity index (χ2n) is 6.26. The first-order chi connectivity index (χ1) is 13.5. The van der Waals surface area contributed by atoms with Crippen LogP contribution in [0, 0.1) is 0 Å². The van der Waals surface area contributed by atoms with E-state index in [9.17, 15) is 9.59 Å². The zero-order chi connectivity index (χ0) is 20.4. The van der Waals surface area contributed by atoms with Crippen LogP contribution in [-0.4, -0.2) is 44.7 Å². The zero-order valence-electron chi connectivity index (χ0n) is 16.5. The molecule has 2 aromatic rings. The number of methoxy groups -OCH3 is 1. The number of hydrogen-bond acceptors (Lipinski definition) is 5. The van der Waals surface area contributed by atoms with Crippen molar-refractivity contribution in [3.8, 4) is 11.5 Å². The summed E-state index contributed by atoms with van der Waals surface area (Å²) >= 11 is 0. The molecular weight excluding hydrogens is 358 g/mol. The molecule has 1 atom stereocenters. The van der Waals surface area contributed by atoms with E-state index < -0.39 is 0 Å². The van der Waals surface area contributed by atoms with Crippen molar-refractivity contribution in [3.05, 3.63) is 54.1 Å². The molecular formula is C21H27N3O4. The Labute approximate surface area is 165 Å². The minimum Gasteiger partial charge on any atom is -0.497 e. The highest BCUT2D eigenvalue weighted by molar-refractivity contribution is 5.94. The van der Waals surface area contributed by atoms with Gasteiger partial charge in [0.25, 0.3) is 11.8 Å². The predicted molar refractivity (Wildman–Crippen MR) is 109 cm³/mol. The third kappa shape index (κ3) is 6.92. The molecule has 28 heavy (non-hydrogen) atoms. The van der Waals surface area contributed by atoms with Crippen LogP contribution in [0.2, 0.25) is 0 Å². The van der Waals surface area contributed by atoms with E-state index >= 15 is 0 Å². The number of carbonyl (C=O) groups is 2. The Bertz CT molecular complexity index is 777. The van der Waals surface area contributed by atoms with Crippen LogP contribution in [0.3, 0.4) is 0 Å². The van der Waals surface area contributed by atoms with Crippen LogP contribution < -0.4 is 25.4 Å². The molecule has 0 bridgehead atoms. The van der Waals surface area contributed by atoms with Crippen molar-refractivity contribution in [2.75, 3.05) is 32.1 Å². The summed E-state index contributed by atoms with van der Waals surface area (Å²) in [6.07, 6.45) is 0. The molecule has 0 unspecified atom stereocenters. The standard InChI is InChI=1S/C21H27N3O4/c1-4-22-15(2)13-23-21(26)16-8-10-18(11-9-16)28-14-20(25)24-17-6-5-7-19(12-17)27-3/h5-12,15,22H,4,13-14H2,1-3H3,(H,23,26)(H,24,25)/t15-/m1/s1. The van der Waals surface area contributed by atoms with Gasteiger partial charge in [-0.2, -0.15) is 0 Å². The number of likely N-dealkylation sites (N-methyl/N-ethyl adjacent to an activating group) is 1. The van der Waals surface area contributed by atoms with E-state index in [1.165, 1.54) is 0 Å². The zero-order valence-corrected chi connectivity index (χ0v) is 16.5. The van der Waals surface area contributed by atoms with E-state index in [2.05, 4.69) is 16.0 Å². The minimum atomic E-state index is -0.285. The molecule has 3 N–H and O–H groups in total. The average molecular weight is 385 g/mol. The Balaban J connectivity index is 1.80. The first kappa shape index (κ1) is 21.2. The van der Waals surface area contributed by atoms with Gasteiger partial charge in [0, 0.05) is 29.9 Å². The molecule has 2 amide bonds. The lowest BCUT2D eigenvalue weighted by molar-refractivity contribution is -0.118. The number of rotatable bonds is 10. The van der Waals surface area contributed by atoms with Gasteiger partial charge in [0.1, 0.15) is 11.5 Å². The molecule has 0 spiro atoms. The molecule has 7 heteroatoms. The smallest absolute Gasteiger partial charge is 0.262 e. The molecule has 0 fully saturated rings. The summed E-state index contributed by atoms with van der Waals surface area (Å²) in [6.45, 7) is 5.30. The SMILES string of the molecule is CCN[C@H](C)CNC(=O)c1ccc(OCC(=O)Nc2cccc(OC)c2)cc1. The van der Waals surface area contributed by atoms with Gasteiger partial charge in [-0.1, -0.05) is 13.0 Å². The predicted octanol–water partition coefficient (Wildman–Crippen LogP) is 2.44. The average Bonchev–Trinajstić information content (AvgIpc) is 2.71. The van der Waals surface area contributed by atoms with Crippen molar-refractivity contribution in [2.45, 2.75) is 19.9 Å². The number of anilines is 1. The molecule has 0 aliphatic rings. The van der Waals surface area contributed by atoms with E-state index in [0.29, 0.717) is 29.3 Å². The van der Waals surface area contributed by atoms with Crippen LogP contribution in [0.4, 0.5) is 5.69 Å². The summed E-state index contributed by atoms with van der Waals surface area (Å²) < 4.78 is 10.6. The second kappa shape index (κ2) is 10.9. The van der Waals surface area contributed by atoms with Gasteiger partial charge in [0.2, 0.25) is 0 Å². The lowest BCUT2D eigenvalue weighted by atomic mass is 10.2. The fourth-order valence-corrected chi connectivity index (χ4v) is 2.52. The summed E-state index contributed by atoms with van der Waals surface area (Å²) in [7, 11) is 1.57. The highest BCUT2D eigenvalue weighted by Gasteiger charge is 2.09. The van der Waals surface area contributed by atoms with E-state index in [-0.39, 0.29) is 24.5 Å². The number of amides is 2. The maximum Gasteiger partial charge on any atom is 0.262 e. The summed E-state index contributed by atoms with van der Waals surface area (Å²) in [5, 5.41) is 8.85. The van der Waals surface area contributed by atoms with Gasteiger partial charge in [-0.05, 0) is 49.9 Å². The second-order valence-corrected chi connectivity index (χ2v) is 6.26. The number of hydrogen-bond donors (Lipinski definition) is 3. The van der Waals surface area contributed by atoms with Crippen molar-refractivity contribution >= 4 is 17.5 Å². The Morgan fingerprint density at radius 2 is 1.82 bits per heavy atom. The summed E-state index contributed by atoms with van der Waals surface area (Å²) in [6, 6.07) is 14.0. The van der Waals surface area contributed by atoms with Crippen LogP contribution in [0.5, 0.6) is 11.5 Å². The van der Waals surface area contributed by atoms with Crippen molar-refractivity contribution < 1.29 is 19.1 Å². The molecule has 0 saturated heterocycles. The van der Waals surface area contributed by atoms with Crippen LogP contribution in [0.15, 0.2) is 48.5 Å². The summed E-state index contributed by atoms with van der Waals surface area (Å²) in [4.78, 5) is 24.1. The molecule has 2 aromatic carbocycles. The van der Waals surface area contributed by atoms with Gasteiger partial charge >= 0.3 is 0 Å². The quantitative estimate of drug-likeness (QED) is 0.585. The van der Waals surface area contributed by atoms with Crippen LogP contribution in [0.25, 0.3) is 0 Å². The molecule has 7 nitrogen and oxygen atoms in total. The van der Waals surface area contributed by atoms with Gasteiger partial charge in [0.05, 0.1) is 7.11 Å². The first-order valence-corrected chi connectivity index (χ1v) is 9.20. The molecule has 0 saturated carbocycles. The maximum absolute atomic E-state index is 12.1. The monoisotopic (exact) mass is 385 g/mol. The van der Waals surface area contributed by atoms with Crippen molar-refractivity contribution in [1.82, 2.24) is 10.6 Å². The molecule has 0 heterocycles. The lowest BCUT2D eigenvalue weighted by Crippen LogP contribution is -2.38. The van der Waals surface area contributed by atoms with E-state index in [1.807, 2.05) is 13.8 Å². The third-order valence-corrected chi connectivity index (χ3v) is 3.96. The maximum atomic E-state index is 12.1. The third-order valence-electron chi connectivity index (χ3n) is 3.96. The van der Waals surface area contributed by atoms with Crippen molar-refractivity contribution in [3.63, 3.8) is 0 Å². The van der Waals surface area contributed by atoms with Crippen molar-refractivity contribution in [2.24, 2.45) is 0 Å². The van der Waals surface area contributed by atoms with Gasteiger partial charge in [0.15, 0.2) is 6.61 Å². The fourth-order valence-electron chi connectivity index (χ4n) is 2.52. The molecule has 150 valence electrons. The Morgan fingerprint density at radius 1 is 1.07 bits per heavy atom. The highest BCUT2D eigenvalue weighted by Crippen LogP contribution is 2.17. The first-order valence-electron chi connectivity index (χ1n) is 9.20.